The second kappa shape index (κ2) is 11.2. The fourth-order valence-electron chi connectivity index (χ4n) is 4.29. The number of halogens is 3. The van der Waals surface area contributed by atoms with E-state index in [2.05, 4.69) is 10.3 Å². The number of nitrogens with zero attached hydrogens (tertiary/aromatic N) is 3. The molecule has 3 aromatic carbocycles. The Morgan fingerprint density at radius 3 is 2.51 bits per heavy atom. The van der Waals surface area contributed by atoms with Crippen molar-refractivity contribution in [1.29, 1.82) is 0 Å². The van der Waals surface area contributed by atoms with Gasteiger partial charge in [-0.2, -0.15) is 13.2 Å². The summed E-state index contributed by atoms with van der Waals surface area (Å²) in [4.78, 5) is 37.4. The minimum atomic E-state index is -4.42. The summed E-state index contributed by atoms with van der Waals surface area (Å²) in [5.41, 5.74) is 0.189. The monoisotopic (exact) mass is 565 g/mol. The van der Waals surface area contributed by atoms with Gasteiger partial charge >= 0.3 is 12.1 Å². The van der Waals surface area contributed by atoms with Crippen LogP contribution in [-0.4, -0.2) is 31.9 Å². The first-order chi connectivity index (χ1) is 19.6. The predicted molar refractivity (Wildman–Crippen MR) is 140 cm³/mol. The lowest BCUT2D eigenvalue weighted by atomic mass is 9.98. The van der Waals surface area contributed by atoms with Gasteiger partial charge in [0.05, 0.1) is 16.9 Å². The maximum atomic E-state index is 12.9. The van der Waals surface area contributed by atoms with Crippen molar-refractivity contribution in [1.82, 2.24) is 15.0 Å². The number of hydrogen-bond acceptors (Lipinski definition) is 7. The smallest absolute Gasteiger partial charge is 0.416 e. The van der Waals surface area contributed by atoms with Gasteiger partial charge in [-0.1, -0.05) is 29.5 Å². The molecule has 1 unspecified atom stereocenters. The summed E-state index contributed by atoms with van der Waals surface area (Å²) in [6.45, 7) is -0.0150. The van der Waals surface area contributed by atoms with E-state index in [0.29, 0.717) is 33.2 Å². The van der Waals surface area contributed by atoms with Gasteiger partial charge < -0.3 is 14.3 Å². The highest BCUT2D eigenvalue weighted by molar-refractivity contribution is 5.99. The lowest BCUT2D eigenvalue weighted by molar-refractivity contribution is -0.142. The molecule has 1 atom stereocenters. The molecule has 0 bridgehead atoms. The van der Waals surface area contributed by atoms with Gasteiger partial charge in [0.2, 0.25) is 0 Å². The molecule has 0 saturated heterocycles. The molecule has 0 aliphatic heterocycles. The minimum Gasteiger partial charge on any atom is -0.489 e. The van der Waals surface area contributed by atoms with E-state index >= 15 is 0 Å². The number of benzene rings is 3. The number of alkyl halides is 3. The van der Waals surface area contributed by atoms with E-state index in [0.717, 1.165) is 16.8 Å². The molecule has 0 amide bonds. The fraction of sp³-hybridized carbons (Fsp3) is 0.207. The number of ketones is 1. The second-order valence-electron chi connectivity index (χ2n) is 9.38. The van der Waals surface area contributed by atoms with Crippen LogP contribution in [0.15, 0.2) is 82.0 Å². The summed E-state index contributed by atoms with van der Waals surface area (Å²) in [6.07, 6.45) is -4.81. The summed E-state index contributed by atoms with van der Waals surface area (Å²) >= 11 is 0. The molecular weight excluding hydrogens is 543 g/mol. The number of hydrogen-bond donors (Lipinski definition) is 1. The van der Waals surface area contributed by atoms with Crippen molar-refractivity contribution in [3.8, 4) is 5.75 Å². The third-order valence-electron chi connectivity index (χ3n) is 6.55. The Labute approximate surface area is 229 Å². The van der Waals surface area contributed by atoms with Crippen LogP contribution in [0.2, 0.25) is 0 Å². The average Bonchev–Trinajstić information content (AvgIpc) is 3.38. The zero-order valence-electron chi connectivity index (χ0n) is 21.3. The highest BCUT2D eigenvalue weighted by Gasteiger charge is 2.30. The Morgan fingerprint density at radius 2 is 1.78 bits per heavy atom. The van der Waals surface area contributed by atoms with Crippen LogP contribution in [0.1, 0.15) is 34.5 Å². The topological polar surface area (TPSA) is 125 Å². The Balaban J connectivity index is 1.23. The number of aromatic nitrogens is 3. The Bertz CT molecular complexity index is 1790. The fourth-order valence-corrected chi connectivity index (χ4v) is 4.29. The molecule has 41 heavy (non-hydrogen) atoms. The molecule has 9 nitrogen and oxygen atoms in total. The van der Waals surface area contributed by atoms with Crippen molar-refractivity contribution in [3.63, 3.8) is 0 Å². The van der Waals surface area contributed by atoms with E-state index in [1.807, 2.05) is 0 Å². The summed E-state index contributed by atoms with van der Waals surface area (Å²) in [5.74, 6) is -2.46. The quantitative estimate of drug-likeness (QED) is 0.220. The van der Waals surface area contributed by atoms with Gasteiger partial charge in [-0.3, -0.25) is 14.4 Å². The predicted octanol–water partition coefficient (Wildman–Crippen LogP) is 5.50. The van der Waals surface area contributed by atoms with Crippen molar-refractivity contribution in [2.24, 2.45) is 5.92 Å². The molecule has 210 valence electrons. The number of fused-ring (bicyclic) bond motifs is 2. The van der Waals surface area contributed by atoms with Crippen molar-refractivity contribution >= 4 is 33.6 Å². The summed E-state index contributed by atoms with van der Waals surface area (Å²) in [6, 6.07) is 17.5. The van der Waals surface area contributed by atoms with Gasteiger partial charge in [-0.25, -0.2) is 4.68 Å². The van der Waals surface area contributed by atoms with E-state index in [9.17, 15) is 32.7 Å². The van der Waals surface area contributed by atoms with E-state index in [-0.39, 0.29) is 31.8 Å². The van der Waals surface area contributed by atoms with E-state index in [1.165, 1.54) is 18.2 Å². The van der Waals surface area contributed by atoms with Crippen molar-refractivity contribution < 1.29 is 37.0 Å². The first kappa shape index (κ1) is 27.6. The molecule has 0 aliphatic carbocycles. The van der Waals surface area contributed by atoms with Crippen molar-refractivity contribution in [2.45, 2.75) is 32.2 Å². The molecule has 0 fully saturated rings. The first-order valence-corrected chi connectivity index (χ1v) is 12.5. The molecule has 2 heterocycles. The zero-order valence-corrected chi connectivity index (χ0v) is 21.3. The molecule has 0 aliphatic rings. The summed E-state index contributed by atoms with van der Waals surface area (Å²) in [7, 11) is 0. The van der Waals surface area contributed by atoms with Crippen molar-refractivity contribution in [3.05, 3.63) is 100 Å². The molecule has 12 heteroatoms. The molecule has 1 N–H and O–H groups in total. The van der Waals surface area contributed by atoms with Crippen LogP contribution in [0.4, 0.5) is 13.2 Å². The lowest BCUT2D eigenvalue weighted by Gasteiger charge is -2.11. The van der Waals surface area contributed by atoms with Crippen molar-refractivity contribution in [2.75, 3.05) is 0 Å². The van der Waals surface area contributed by atoms with Crippen LogP contribution < -0.4 is 10.3 Å². The number of carbonyl (C=O) groups is 2. The number of carboxylic acid groups (broad SMARTS) is 1. The number of carbonyl (C=O) groups excluding carboxylic acids is 1. The highest BCUT2D eigenvalue weighted by atomic mass is 19.4. The maximum Gasteiger partial charge on any atom is 0.416 e. The molecule has 2 aromatic heterocycles. The molecule has 0 spiro atoms. The van der Waals surface area contributed by atoms with Gasteiger partial charge in [0.25, 0.3) is 5.56 Å². The number of ether oxygens (including phenoxy) is 1. The van der Waals surface area contributed by atoms with Crippen LogP contribution in [0, 0.1) is 5.92 Å². The largest absolute Gasteiger partial charge is 0.489 e. The number of carboxylic acids is 1. The molecule has 0 saturated carbocycles. The Kier molecular flexibility index (Phi) is 7.56. The Hall–Kier alpha value is -5.00. The number of furan rings is 1. The second-order valence-corrected chi connectivity index (χ2v) is 9.38. The zero-order chi connectivity index (χ0) is 29.1. The number of aryl methyl sites for hydroxylation is 1. The van der Waals surface area contributed by atoms with Crippen LogP contribution in [0.3, 0.4) is 0 Å². The van der Waals surface area contributed by atoms with Gasteiger partial charge in [0.1, 0.15) is 23.5 Å². The molecule has 5 rings (SSSR count). The molecular formula is C29H22F3N3O6. The van der Waals surface area contributed by atoms with E-state index in [4.69, 9.17) is 9.15 Å². The maximum absolute atomic E-state index is 12.9. The SMILES string of the molecule is O=C(CC(CCn1nnc2ccccc2c1=O)C(=O)O)c1cc2cc(OCc3ccc(C(F)(F)F)cc3)ccc2o1. The normalized spacial score (nSPS) is 12.5. The van der Waals surface area contributed by atoms with E-state index < -0.39 is 35.0 Å². The van der Waals surface area contributed by atoms with E-state index in [1.54, 1.807) is 42.5 Å². The van der Waals surface area contributed by atoms with Gasteiger partial charge in [-0.15, -0.1) is 5.10 Å². The van der Waals surface area contributed by atoms with Crippen LogP contribution in [0.5, 0.6) is 5.75 Å². The summed E-state index contributed by atoms with van der Waals surface area (Å²) in [5, 5.41) is 18.4. The molecule has 5 aromatic rings. The van der Waals surface area contributed by atoms with Gasteiger partial charge in [-0.05, 0) is 60.5 Å². The minimum absolute atomic E-state index is 0.0260. The van der Waals surface area contributed by atoms with Crippen LogP contribution >= 0.6 is 0 Å². The molecule has 0 radical (unpaired) electrons. The lowest BCUT2D eigenvalue weighted by Crippen LogP contribution is -2.27. The third kappa shape index (κ3) is 6.26. The summed E-state index contributed by atoms with van der Waals surface area (Å²) < 4.78 is 50.6. The van der Waals surface area contributed by atoms with Crippen LogP contribution in [0.25, 0.3) is 21.9 Å². The number of Topliss-reactive ketones (excluding diaryl/α,β-unsaturated/α-hetero) is 1. The number of aliphatic carboxylic acids is 1. The first-order valence-electron chi connectivity index (χ1n) is 12.5. The van der Waals surface area contributed by atoms with Gasteiger partial charge in [0.15, 0.2) is 11.5 Å². The van der Waals surface area contributed by atoms with Crippen LogP contribution in [-0.2, 0) is 24.1 Å². The number of rotatable bonds is 10. The van der Waals surface area contributed by atoms with Gasteiger partial charge in [0, 0.05) is 18.4 Å². The third-order valence-corrected chi connectivity index (χ3v) is 6.55. The Morgan fingerprint density at radius 1 is 1.02 bits per heavy atom. The average molecular weight is 566 g/mol. The standard InChI is InChI=1S/C29H22F3N3O6/c30-29(31,32)20-7-5-17(6-8-20)16-40-21-9-10-25-19(13-21)15-26(41-25)24(36)14-18(28(38)39)11-12-35-27(37)22-3-1-2-4-23(22)33-34-35/h1-10,13,15,18H,11-12,14,16H2,(H,38,39). The highest BCUT2D eigenvalue weighted by Crippen LogP contribution is 2.30.